The van der Waals surface area contributed by atoms with Crippen molar-refractivity contribution in [3.63, 3.8) is 0 Å². The standard InChI is InChI=1S/C12H19N3OS2.2ClH/c1-8-6-14-12(18-8)9(2)15-11(16)5-10-7-17-4-3-13-10;;/h6,9-10,13H,3-5,7H2,1-2H3,(H,15,16);2*1H. The Kier molecular flexibility index (Phi) is 9.84. The van der Waals surface area contributed by atoms with Gasteiger partial charge in [-0.15, -0.1) is 36.2 Å². The highest BCUT2D eigenvalue weighted by atomic mass is 35.5. The molecule has 0 aliphatic carbocycles. The van der Waals surface area contributed by atoms with Gasteiger partial charge in [-0.05, 0) is 13.8 Å². The molecule has 0 saturated carbocycles. The van der Waals surface area contributed by atoms with Crippen molar-refractivity contribution in [1.29, 1.82) is 0 Å². The first-order valence-corrected chi connectivity index (χ1v) is 8.15. The highest BCUT2D eigenvalue weighted by Gasteiger charge is 2.19. The molecule has 8 heteroatoms. The van der Waals surface area contributed by atoms with E-state index in [1.54, 1.807) is 11.3 Å². The van der Waals surface area contributed by atoms with Crippen LogP contribution < -0.4 is 10.6 Å². The number of nitrogens with zero attached hydrogens (tertiary/aromatic N) is 1. The average Bonchev–Trinajstić information content (AvgIpc) is 2.77. The number of aryl methyl sites for hydroxylation is 1. The molecule has 20 heavy (non-hydrogen) atoms. The average molecular weight is 358 g/mol. The normalized spacial score (nSPS) is 19.4. The highest BCUT2D eigenvalue weighted by Crippen LogP contribution is 2.19. The number of thioether (sulfide) groups is 1. The van der Waals surface area contributed by atoms with E-state index in [2.05, 4.69) is 15.6 Å². The summed E-state index contributed by atoms with van der Waals surface area (Å²) in [5, 5.41) is 7.37. The Morgan fingerprint density at radius 1 is 1.60 bits per heavy atom. The summed E-state index contributed by atoms with van der Waals surface area (Å²) in [5.41, 5.74) is 0. The summed E-state index contributed by atoms with van der Waals surface area (Å²) in [4.78, 5) is 17.4. The van der Waals surface area contributed by atoms with Gasteiger partial charge in [0.25, 0.3) is 0 Å². The van der Waals surface area contributed by atoms with Gasteiger partial charge in [0.2, 0.25) is 5.91 Å². The van der Waals surface area contributed by atoms with Gasteiger partial charge in [-0.3, -0.25) is 4.79 Å². The van der Waals surface area contributed by atoms with Crippen LogP contribution in [0.1, 0.15) is 29.3 Å². The summed E-state index contributed by atoms with van der Waals surface area (Å²) in [6.07, 6.45) is 2.41. The largest absolute Gasteiger partial charge is 0.347 e. The van der Waals surface area contributed by atoms with Crippen LogP contribution in [-0.4, -0.2) is 35.0 Å². The van der Waals surface area contributed by atoms with E-state index in [0.717, 1.165) is 23.1 Å². The molecule has 0 bridgehead atoms. The lowest BCUT2D eigenvalue weighted by atomic mass is 10.2. The van der Waals surface area contributed by atoms with Gasteiger partial charge in [0.05, 0.1) is 6.04 Å². The first kappa shape index (κ1) is 20.0. The monoisotopic (exact) mass is 357 g/mol. The van der Waals surface area contributed by atoms with E-state index in [0.29, 0.717) is 12.5 Å². The lowest BCUT2D eigenvalue weighted by Gasteiger charge is -2.23. The van der Waals surface area contributed by atoms with Crippen molar-refractivity contribution in [2.75, 3.05) is 18.1 Å². The van der Waals surface area contributed by atoms with Gasteiger partial charge in [0.15, 0.2) is 0 Å². The molecule has 1 fully saturated rings. The fraction of sp³-hybridized carbons (Fsp3) is 0.667. The van der Waals surface area contributed by atoms with Crippen LogP contribution in [-0.2, 0) is 4.79 Å². The molecule has 0 aromatic carbocycles. The fourth-order valence-corrected chi connectivity index (χ4v) is 3.63. The number of carbonyl (C=O) groups excluding carboxylic acids is 1. The number of thiazole rings is 1. The third-order valence-corrected chi connectivity index (χ3v) is 5.04. The third kappa shape index (κ3) is 6.18. The molecule has 1 aliphatic rings. The van der Waals surface area contributed by atoms with Crippen molar-refractivity contribution in [2.45, 2.75) is 32.4 Å². The Morgan fingerprint density at radius 3 is 2.90 bits per heavy atom. The Labute approximate surface area is 140 Å². The summed E-state index contributed by atoms with van der Waals surface area (Å²) >= 11 is 3.55. The fourth-order valence-electron chi connectivity index (χ4n) is 1.91. The summed E-state index contributed by atoms with van der Waals surface area (Å²) < 4.78 is 0. The molecule has 2 atom stereocenters. The molecule has 2 rings (SSSR count). The molecule has 1 saturated heterocycles. The molecule has 0 radical (unpaired) electrons. The Hall–Kier alpha value is -0.0100. The molecule has 116 valence electrons. The molecule has 2 N–H and O–H groups in total. The van der Waals surface area contributed by atoms with Crippen molar-refractivity contribution in [1.82, 2.24) is 15.6 Å². The molecule has 2 heterocycles. The van der Waals surface area contributed by atoms with Gasteiger partial charge in [-0.25, -0.2) is 4.98 Å². The zero-order chi connectivity index (χ0) is 13.0. The number of carbonyl (C=O) groups is 1. The summed E-state index contributed by atoms with van der Waals surface area (Å²) in [7, 11) is 0. The van der Waals surface area contributed by atoms with Crippen molar-refractivity contribution in [3.05, 3.63) is 16.1 Å². The van der Waals surface area contributed by atoms with Gasteiger partial charge in [-0.1, -0.05) is 0 Å². The second-order valence-electron chi connectivity index (χ2n) is 4.53. The first-order chi connectivity index (χ1) is 8.65. The minimum atomic E-state index is 0. The predicted molar refractivity (Wildman–Crippen MR) is 91.6 cm³/mol. The van der Waals surface area contributed by atoms with E-state index >= 15 is 0 Å². The number of nitrogens with one attached hydrogen (secondary N) is 2. The van der Waals surface area contributed by atoms with Crippen LogP contribution in [0.15, 0.2) is 6.20 Å². The van der Waals surface area contributed by atoms with E-state index in [1.807, 2.05) is 31.8 Å². The van der Waals surface area contributed by atoms with Crippen LogP contribution >= 0.6 is 47.9 Å². The van der Waals surface area contributed by atoms with Crippen LogP contribution in [0.2, 0.25) is 0 Å². The molecule has 1 aromatic rings. The Balaban J connectivity index is 0.00000180. The van der Waals surface area contributed by atoms with Crippen molar-refractivity contribution in [2.24, 2.45) is 0 Å². The second kappa shape index (κ2) is 9.84. The van der Waals surface area contributed by atoms with Gasteiger partial charge in [0, 0.05) is 41.6 Å². The molecule has 0 spiro atoms. The SMILES string of the molecule is Cc1cnc(C(C)NC(=O)CC2CSCCN2)s1.Cl.Cl. The van der Waals surface area contributed by atoms with Crippen LogP contribution in [0.4, 0.5) is 0 Å². The smallest absolute Gasteiger partial charge is 0.222 e. The van der Waals surface area contributed by atoms with Crippen molar-refractivity contribution in [3.8, 4) is 0 Å². The molecule has 4 nitrogen and oxygen atoms in total. The number of hydrogen-bond donors (Lipinski definition) is 2. The van der Waals surface area contributed by atoms with E-state index in [4.69, 9.17) is 0 Å². The van der Waals surface area contributed by atoms with E-state index in [9.17, 15) is 4.79 Å². The first-order valence-electron chi connectivity index (χ1n) is 6.18. The lowest BCUT2D eigenvalue weighted by molar-refractivity contribution is -0.122. The molecule has 1 amide bonds. The number of hydrogen-bond acceptors (Lipinski definition) is 5. The van der Waals surface area contributed by atoms with Crippen LogP contribution in [0.25, 0.3) is 0 Å². The maximum Gasteiger partial charge on any atom is 0.222 e. The maximum absolute atomic E-state index is 11.9. The van der Waals surface area contributed by atoms with Crippen molar-refractivity contribution < 1.29 is 4.79 Å². The van der Waals surface area contributed by atoms with Crippen molar-refractivity contribution >= 4 is 53.8 Å². The van der Waals surface area contributed by atoms with Gasteiger partial charge < -0.3 is 10.6 Å². The zero-order valence-electron chi connectivity index (χ0n) is 11.5. The highest BCUT2D eigenvalue weighted by molar-refractivity contribution is 7.99. The molecule has 1 aliphatic heterocycles. The summed E-state index contributed by atoms with van der Waals surface area (Å²) in [6.45, 7) is 5.02. The summed E-state index contributed by atoms with van der Waals surface area (Å²) in [5.74, 6) is 2.28. The van der Waals surface area contributed by atoms with Gasteiger partial charge in [0.1, 0.15) is 5.01 Å². The van der Waals surface area contributed by atoms with E-state index < -0.39 is 0 Å². The third-order valence-electron chi connectivity index (χ3n) is 2.82. The number of aromatic nitrogens is 1. The minimum absolute atomic E-state index is 0. The zero-order valence-corrected chi connectivity index (χ0v) is 14.8. The molecular formula is C12H21Cl2N3OS2. The number of amides is 1. The topological polar surface area (TPSA) is 54.0 Å². The van der Waals surface area contributed by atoms with E-state index in [1.165, 1.54) is 4.88 Å². The van der Waals surface area contributed by atoms with Gasteiger partial charge in [-0.2, -0.15) is 11.8 Å². The van der Waals surface area contributed by atoms with Crippen LogP contribution in [0.3, 0.4) is 0 Å². The predicted octanol–water partition coefficient (Wildman–Crippen LogP) is 2.57. The van der Waals surface area contributed by atoms with Gasteiger partial charge >= 0.3 is 0 Å². The summed E-state index contributed by atoms with van der Waals surface area (Å²) in [6, 6.07) is 0.321. The number of halogens is 2. The van der Waals surface area contributed by atoms with Crippen LogP contribution in [0.5, 0.6) is 0 Å². The quantitative estimate of drug-likeness (QED) is 0.869. The maximum atomic E-state index is 11.9. The number of rotatable bonds is 4. The van der Waals surface area contributed by atoms with Crippen LogP contribution in [0, 0.1) is 6.92 Å². The Morgan fingerprint density at radius 2 is 2.35 bits per heavy atom. The Bertz CT molecular complexity index is 411. The molecule has 2 unspecified atom stereocenters. The minimum Gasteiger partial charge on any atom is -0.347 e. The van der Waals surface area contributed by atoms with E-state index in [-0.39, 0.29) is 36.8 Å². The molecular weight excluding hydrogens is 337 g/mol. The lowest BCUT2D eigenvalue weighted by Crippen LogP contribution is -2.41. The molecule has 1 aromatic heterocycles. The second-order valence-corrected chi connectivity index (χ2v) is 6.94.